The van der Waals surface area contributed by atoms with Gasteiger partial charge in [-0.15, -0.1) is 12.4 Å². The number of sulfonamides is 1. The minimum absolute atomic E-state index is 0. The number of hydrogen-bond acceptors (Lipinski definition) is 3. The predicted octanol–water partition coefficient (Wildman–Crippen LogP) is 1.47. The van der Waals surface area contributed by atoms with E-state index in [0.717, 1.165) is 12.8 Å². The lowest BCUT2D eigenvalue weighted by Gasteiger charge is -2.24. The second-order valence-electron chi connectivity index (χ2n) is 4.71. The third-order valence-corrected chi connectivity index (χ3v) is 5.35. The molecule has 0 unspecified atom stereocenters. The van der Waals surface area contributed by atoms with Gasteiger partial charge in [-0.3, -0.25) is 0 Å². The van der Waals surface area contributed by atoms with Crippen molar-refractivity contribution in [2.24, 2.45) is 5.92 Å². The van der Waals surface area contributed by atoms with Gasteiger partial charge in [0.15, 0.2) is 0 Å². The van der Waals surface area contributed by atoms with Crippen LogP contribution in [0.4, 0.5) is 0 Å². The molecule has 1 rings (SSSR count). The van der Waals surface area contributed by atoms with Gasteiger partial charge in [0.1, 0.15) is 0 Å². The third-order valence-electron chi connectivity index (χ3n) is 3.32. The third kappa shape index (κ3) is 6.04. The molecule has 0 heterocycles. The second-order valence-corrected chi connectivity index (χ2v) is 6.83. The molecule has 17 heavy (non-hydrogen) atoms. The highest BCUT2D eigenvalue weighted by molar-refractivity contribution is 7.89. The minimum atomic E-state index is -3.04. The Morgan fingerprint density at radius 1 is 1.24 bits per heavy atom. The Labute approximate surface area is 112 Å². The lowest BCUT2D eigenvalue weighted by molar-refractivity contribution is 0.375. The fourth-order valence-corrected chi connectivity index (χ4v) is 3.74. The van der Waals surface area contributed by atoms with Crippen molar-refractivity contribution in [1.29, 1.82) is 0 Å². The summed E-state index contributed by atoms with van der Waals surface area (Å²) in [6, 6.07) is 0. The fourth-order valence-electron chi connectivity index (χ4n) is 2.19. The Balaban J connectivity index is 0.00000256. The van der Waals surface area contributed by atoms with Gasteiger partial charge in [-0.1, -0.05) is 19.3 Å². The molecule has 1 fully saturated rings. The molecule has 0 spiro atoms. The smallest absolute Gasteiger partial charge is 0.214 e. The zero-order valence-electron chi connectivity index (χ0n) is 10.8. The highest BCUT2D eigenvalue weighted by atomic mass is 35.5. The highest BCUT2D eigenvalue weighted by Crippen LogP contribution is 2.25. The lowest BCUT2D eigenvalue weighted by atomic mass is 9.91. The minimum Gasteiger partial charge on any atom is -0.318 e. The summed E-state index contributed by atoms with van der Waals surface area (Å²) < 4.78 is 25.5. The normalized spacial score (nSPS) is 18.1. The van der Waals surface area contributed by atoms with E-state index in [-0.39, 0.29) is 12.4 Å². The first kappa shape index (κ1) is 17.2. The zero-order valence-corrected chi connectivity index (χ0v) is 12.4. The van der Waals surface area contributed by atoms with Crippen molar-refractivity contribution in [3.05, 3.63) is 0 Å². The first-order chi connectivity index (χ1) is 7.56. The first-order valence-corrected chi connectivity index (χ1v) is 7.76. The standard InChI is InChI=1S/C11H24N2O2S.ClH/c1-12-8-9-13(2)16(14,15)10-11-6-4-3-5-7-11;/h11-12H,3-10H2,1-2H3;1H. The summed E-state index contributed by atoms with van der Waals surface area (Å²) >= 11 is 0. The molecule has 0 aromatic heterocycles. The second kappa shape index (κ2) is 8.29. The molecule has 0 bridgehead atoms. The van der Waals surface area contributed by atoms with Crippen LogP contribution in [0.15, 0.2) is 0 Å². The number of nitrogens with one attached hydrogen (secondary N) is 1. The van der Waals surface area contributed by atoms with Crippen LogP contribution in [0.5, 0.6) is 0 Å². The molecule has 0 radical (unpaired) electrons. The van der Waals surface area contributed by atoms with Crippen molar-refractivity contribution in [1.82, 2.24) is 9.62 Å². The zero-order chi connectivity index (χ0) is 12.0. The summed E-state index contributed by atoms with van der Waals surface area (Å²) in [5.41, 5.74) is 0. The van der Waals surface area contributed by atoms with Crippen LogP contribution in [0.2, 0.25) is 0 Å². The average molecular weight is 285 g/mol. The Hall–Kier alpha value is 0.160. The SMILES string of the molecule is CNCCN(C)S(=O)(=O)CC1CCCCC1.Cl. The molecular formula is C11H25ClN2O2S. The monoisotopic (exact) mass is 284 g/mol. The van der Waals surface area contributed by atoms with Crippen molar-refractivity contribution >= 4 is 22.4 Å². The van der Waals surface area contributed by atoms with Crippen LogP contribution >= 0.6 is 12.4 Å². The van der Waals surface area contributed by atoms with Gasteiger partial charge in [-0.2, -0.15) is 0 Å². The van der Waals surface area contributed by atoms with E-state index in [4.69, 9.17) is 0 Å². The van der Waals surface area contributed by atoms with E-state index in [1.54, 1.807) is 7.05 Å². The Morgan fingerprint density at radius 2 is 1.82 bits per heavy atom. The van der Waals surface area contributed by atoms with Crippen LogP contribution in [0.1, 0.15) is 32.1 Å². The van der Waals surface area contributed by atoms with Gasteiger partial charge in [0.05, 0.1) is 5.75 Å². The summed E-state index contributed by atoms with van der Waals surface area (Å²) in [5, 5.41) is 2.97. The van der Waals surface area contributed by atoms with E-state index >= 15 is 0 Å². The molecule has 1 saturated carbocycles. The van der Waals surface area contributed by atoms with Crippen molar-refractivity contribution in [2.45, 2.75) is 32.1 Å². The van der Waals surface area contributed by atoms with Gasteiger partial charge in [0, 0.05) is 20.1 Å². The fraction of sp³-hybridized carbons (Fsp3) is 1.00. The number of rotatable bonds is 6. The van der Waals surface area contributed by atoms with Gasteiger partial charge >= 0.3 is 0 Å². The molecule has 0 aromatic carbocycles. The van der Waals surface area contributed by atoms with Gasteiger partial charge in [-0.25, -0.2) is 12.7 Å². The van der Waals surface area contributed by atoms with E-state index in [2.05, 4.69) is 5.32 Å². The van der Waals surface area contributed by atoms with Crippen LogP contribution in [0, 0.1) is 5.92 Å². The van der Waals surface area contributed by atoms with Crippen molar-refractivity contribution in [2.75, 3.05) is 32.9 Å². The highest BCUT2D eigenvalue weighted by Gasteiger charge is 2.24. The molecule has 104 valence electrons. The number of hydrogen-bond donors (Lipinski definition) is 1. The molecule has 4 nitrogen and oxygen atoms in total. The molecule has 0 amide bonds. The summed E-state index contributed by atoms with van der Waals surface area (Å²) in [6.07, 6.45) is 5.82. The van der Waals surface area contributed by atoms with Crippen LogP contribution in [0.3, 0.4) is 0 Å². The lowest BCUT2D eigenvalue weighted by Crippen LogP contribution is -2.36. The molecule has 1 N–H and O–H groups in total. The van der Waals surface area contributed by atoms with Crippen molar-refractivity contribution in [3.8, 4) is 0 Å². The largest absolute Gasteiger partial charge is 0.318 e. The van der Waals surface area contributed by atoms with E-state index < -0.39 is 10.0 Å². The summed E-state index contributed by atoms with van der Waals surface area (Å²) in [4.78, 5) is 0. The maximum atomic E-state index is 12.0. The van der Waals surface area contributed by atoms with Crippen LogP contribution in [0.25, 0.3) is 0 Å². The first-order valence-electron chi connectivity index (χ1n) is 6.15. The molecular weight excluding hydrogens is 260 g/mol. The number of likely N-dealkylation sites (N-methyl/N-ethyl adjacent to an activating group) is 2. The van der Waals surface area contributed by atoms with Crippen LogP contribution in [-0.4, -0.2) is 45.7 Å². The number of nitrogens with zero attached hydrogens (tertiary/aromatic N) is 1. The average Bonchev–Trinajstić information content (AvgIpc) is 2.26. The molecule has 1 aliphatic rings. The Morgan fingerprint density at radius 3 is 2.35 bits per heavy atom. The molecule has 0 aliphatic heterocycles. The molecule has 1 aliphatic carbocycles. The van der Waals surface area contributed by atoms with E-state index in [9.17, 15) is 8.42 Å². The quantitative estimate of drug-likeness (QED) is 0.804. The van der Waals surface area contributed by atoms with E-state index in [1.807, 2.05) is 7.05 Å². The van der Waals surface area contributed by atoms with E-state index in [0.29, 0.717) is 24.8 Å². The molecule has 0 saturated heterocycles. The van der Waals surface area contributed by atoms with Gasteiger partial charge in [0.25, 0.3) is 0 Å². The summed E-state index contributed by atoms with van der Waals surface area (Å²) in [7, 11) is 0.472. The summed E-state index contributed by atoms with van der Waals surface area (Å²) in [6.45, 7) is 1.27. The summed E-state index contributed by atoms with van der Waals surface area (Å²) in [5.74, 6) is 0.725. The maximum absolute atomic E-state index is 12.0. The van der Waals surface area contributed by atoms with Crippen LogP contribution in [-0.2, 0) is 10.0 Å². The van der Waals surface area contributed by atoms with Crippen LogP contribution < -0.4 is 5.32 Å². The topological polar surface area (TPSA) is 49.4 Å². The molecule has 0 atom stereocenters. The Bertz CT molecular complexity index is 290. The predicted molar refractivity (Wildman–Crippen MR) is 74.2 cm³/mol. The molecule has 6 heteroatoms. The number of halogens is 1. The Kier molecular flexibility index (Phi) is 8.37. The van der Waals surface area contributed by atoms with Crippen molar-refractivity contribution < 1.29 is 8.42 Å². The van der Waals surface area contributed by atoms with Gasteiger partial charge in [0.2, 0.25) is 10.0 Å². The van der Waals surface area contributed by atoms with E-state index in [1.165, 1.54) is 23.6 Å². The van der Waals surface area contributed by atoms with Gasteiger partial charge in [-0.05, 0) is 25.8 Å². The van der Waals surface area contributed by atoms with Crippen molar-refractivity contribution in [3.63, 3.8) is 0 Å². The van der Waals surface area contributed by atoms with Gasteiger partial charge < -0.3 is 5.32 Å². The molecule has 0 aromatic rings. The maximum Gasteiger partial charge on any atom is 0.214 e.